The molecule has 1 amide bonds. The predicted molar refractivity (Wildman–Crippen MR) is 84.9 cm³/mol. The van der Waals surface area contributed by atoms with Crippen LogP contribution in [0.25, 0.3) is 0 Å². The second-order valence-corrected chi connectivity index (χ2v) is 6.12. The molecule has 1 atom stereocenters. The van der Waals surface area contributed by atoms with Gasteiger partial charge < -0.3 is 9.87 Å². The van der Waals surface area contributed by atoms with Crippen molar-refractivity contribution in [2.75, 3.05) is 5.32 Å². The number of unbranched alkanes of at least 4 members (excludes halogenated alkanes) is 6. The first-order chi connectivity index (χ1) is 10.1. The van der Waals surface area contributed by atoms with Crippen molar-refractivity contribution in [3.63, 3.8) is 0 Å². The van der Waals surface area contributed by atoms with Crippen molar-refractivity contribution in [1.82, 2.24) is 0 Å². The van der Waals surface area contributed by atoms with E-state index in [1.54, 1.807) is 12.1 Å². The Balaban J connectivity index is 2.17. The highest BCUT2D eigenvalue weighted by molar-refractivity contribution is 7.79. The van der Waals surface area contributed by atoms with Crippen molar-refractivity contribution in [2.24, 2.45) is 0 Å². The first kappa shape index (κ1) is 17.9. The third-order valence-corrected chi connectivity index (χ3v) is 3.99. The van der Waals surface area contributed by atoms with E-state index in [0.29, 0.717) is 12.1 Å². The molecule has 0 bridgehead atoms. The van der Waals surface area contributed by atoms with E-state index in [-0.39, 0.29) is 10.8 Å². The molecule has 21 heavy (non-hydrogen) atoms. The molecule has 0 aliphatic heterocycles. The summed E-state index contributed by atoms with van der Waals surface area (Å²) in [5.41, 5.74) is 0.636. The van der Waals surface area contributed by atoms with Crippen LogP contribution in [0.2, 0.25) is 0 Å². The Hall–Kier alpha value is -1.20. The Morgan fingerprint density at radius 2 is 1.62 bits per heavy atom. The van der Waals surface area contributed by atoms with Crippen LogP contribution >= 0.6 is 0 Å². The van der Waals surface area contributed by atoms with Crippen molar-refractivity contribution in [1.29, 1.82) is 0 Å². The van der Waals surface area contributed by atoms with Crippen molar-refractivity contribution in [2.45, 2.75) is 63.2 Å². The molecular weight excluding hydrogens is 286 g/mol. The van der Waals surface area contributed by atoms with E-state index in [0.717, 1.165) is 12.8 Å². The highest BCUT2D eigenvalue weighted by atomic mass is 32.2. The summed E-state index contributed by atoms with van der Waals surface area (Å²) in [5.74, 6) is -0.0143. The van der Waals surface area contributed by atoms with E-state index >= 15 is 0 Å². The third kappa shape index (κ3) is 7.97. The molecule has 4 nitrogen and oxygen atoms in total. The number of nitrogens with one attached hydrogen (secondary N) is 1. The second kappa shape index (κ2) is 10.5. The monoisotopic (exact) mass is 310 g/mol. The maximum Gasteiger partial charge on any atom is 0.224 e. The molecule has 0 spiro atoms. The summed E-state index contributed by atoms with van der Waals surface area (Å²) in [4.78, 5) is 12.0. The molecule has 0 aliphatic carbocycles. The molecule has 0 aliphatic rings. The van der Waals surface area contributed by atoms with Gasteiger partial charge in [0.15, 0.2) is 0 Å². The average Bonchev–Trinajstić information content (AvgIpc) is 2.47. The molecule has 0 radical (unpaired) electrons. The van der Waals surface area contributed by atoms with Gasteiger partial charge in [0, 0.05) is 17.0 Å². The lowest BCUT2D eigenvalue weighted by atomic mass is 10.1. The smallest absolute Gasteiger partial charge is 0.224 e. The maximum absolute atomic E-state index is 11.7. The zero-order chi connectivity index (χ0) is 15.5. The van der Waals surface area contributed by atoms with E-state index in [4.69, 9.17) is 0 Å². The average molecular weight is 310 g/mol. The molecule has 118 valence electrons. The van der Waals surface area contributed by atoms with Gasteiger partial charge in [-0.15, -0.1) is 0 Å². The van der Waals surface area contributed by atoms with Crippen molar-refractivity contribution < 1.29 is 13.6 Å². The van der Waals surface area contributed by atoms with E-state index in [1.165, 1.54) is 44.2 Å². The Labute approximate surface area is 129 Å². The molecular formula is C16H24NO3S-. The number of hydrogen-bond acceptors (Lipinski definition) is 3. The van der Waals surface area contributed by atoms with E-state index in [2.05, 4.69) is 12.2 Å². The minimum atomic E-state index is -2.22. The first-order valence-electron chi connectivity index (χ1n) is 7.62. The zero-order valence-corrected chi connectivity index (χ0v) is 13.4. The van der Waals surface area contributed by atoms with Crippen LogP contribution in [-0.4, -0.2) is 14.7 Å². The van der Waals surface area contributed by atoms with Crippen molar-refractivity contribution in [3.8, 4) is 0 Å². The Morgan fingerprint density at radius 3 is 2.19 bits per heavy atom. The molecule has 1 aromatic rings. The van der Waals surface area contributed by atoms with Crippen molar-refractivity contribution >= 4 is 22.7 Å². The minimum absolute atomic E-state index is 0.0143. The predicted octanol–water partition coefficient (Wildman–Crippen LogP) is 4.00. The van der Waals surface area contributed by atoms with Gasteiger partial charge in [-0.25, -0.2) is 0 Å². The van der Waals surface area contributed by atoms with Crippen molar-refractivity contribution in [3.05, 3.63) is 24.3 Å². The number of amides is 1. The molecule has 1 aromatic carbocycles. The molecule has 0 saturated carbocycles. The molecule has 0 aromatic heterocycles. The van der Waals surface area contributed by atoms with Crippen LogP contribution < -0.4 is 5.32 Å². The van der Waals surface area contributed by atoms with Crippen LogP contribution in [0.5, 0.6) is 0 Å². The van der Waals surface area contributed by atoms with Gasteiger partial charge in [0.25, 0.3) is 0 Å². The van der Waals surface area contributed by atoms with Crippen LogP contribution in [0.15, 0.2) is 29.2 Å². The van der Waals surface area contributed by atoms with Gasteiger partial charge in [-0.2, -0.15) is 0 Å². The van der Waals surface area contributed by atoms with E-state index < -0.39 is 11.1 Å². The van der Waals surface area contributed by atoms with Gasteiger partial charge in [0.1, 0.15) is 0 Å². The lowest BCUT2D eigenvalue weighted by molar-refractivity contribution is -0.116. The summed E-state index contributed by atoms with van der Waals surface area (Å²) in [6, 6.07) is 6.17. The van der Waals surface area contributed by atoms with E-state index in [1.807, 2.05) is 0 Å². The topological polar surface area (TPSA) is 69.2 Å². The molecule has 1 unspecified atom stereocenters. The summed E-state index contributed by atoms with van der Waals surface area (Å²) >= 11 is -2.22. The van der Waals surface area contributed by atoms with Gasteiger partial charge in [0.2, 0.25) is 5.91 Å². The zero-order valence-electron chi connectivity index (χ0n) is 12.6. The molecule has 5 heteroatoms. The Morgan fingerprint density at radius 1 is 1.05 bits per heavy atom. The Kier molecular flexibility index (Phi) is 8.94. The quantitative estimate of drug-likeness (QED) is 0.524. The molecule has 0 saturated heterocycles. The lowest BCUT2D eigenvalue weighted by Gasteiger charge is -2.08. The van der Waals surface area contributed by atoms with Gasteiger partial charge in [0.05, 0.1) is 0 Å². The molecule has 0 fully saturated rings. The maximum atomic E-state index is 11.7. The minimum Gasteiger partial charge on any atom is -0.768 e. The summed E-state index contributed by atoms with van der Waals surface area (Å²) in [7, 11) is 0. The van der Waals surface area contributed by atoms with Crippen LogP contribution in [0.3, 0.4) is 0 Å². The third-order valence-electron chi connectivity index (χ3n) is 3.34. The molecule has 1 N–H and O–H groups in total. The summed E-state index contributed by atoms with van der Waals surface area (Å²) in [6.07, 6.45) is 8.79. The molecule has 1 rings (SSSR count). The number of hydrogen-bond donors (Lipinski definition) is 1. The van der Waals surface area contributed by atoms with Crippen LogP contribution in [-0.2, 0) is 15.9 Å². The fraction of sp³-hybridized carbons (Fsp3) is 0.562. The highest BCUT2D eigenvalue weighted by Gasteiger charge is 2.02. The summed E-state index contributed by atoms with van der Waals surface area (Å²) in [6.45, 7) is 2.20. The number of anilines is 1. The Bertz CT molecular complexity index is 445. The SMILES string of the molecule is CCCCCCCCCC(=O)Nc1ccc(S(=O)[O-])cc1. The normalized spacial score (nSPS) is 12.1. The van der Waals surface area contributed by atoms with Gasteiger partial charge in [-0.05, 0) is 41.8 Å². The number of carbonyl (C=O) groups is 1. The van der Waals surface area contributed by atoms with Crippen LogP contribution in [0, 0.1) is 0 Å². The largest absolute Gasteiger partial charge is 0.768 e. The molecule has 0 heterocycles. The standard InChI is InChI=1S/C16H25NO3S/c1-2-3-4-5-6-7-8-9-16(18)17-14-10-12-15(13-11-14)21(19)20/h10-13H,2-9H2,1H3,(H,17,18)(H,19,20)/p-1. The fourth-order valence-electron chi connectivity index (χ4n) is 2.12. The summed E-state index contributed by atoms with van der Waals surface area (Å²) < 4.78 is 21.4. The number of benzene rings is 1. The van der Waals surface area contributed by atoms with Gasteiger partial charge in [-0.1, -0.05) is 45.4 Å². The van der Waals surface area contributed by atoms with Gasteiger partial charge >= 0.3 is 0 Å². The highest BCUT2D eigenvalue weighted by Crippen LogP contribution is 2.13. The number of carbonyl (C=O) groups excluding carboxylic acids is 1. The van der Waals surface area contributed by atoms with Crippen LogP contribution in [0.1, 0.15) is 58.3 Å². The summed E-state index contributed by atoms with van der Waals surface area (Å²) in [5, 5.41) is 2.78. The number of rotatable bonds is 10. The second-order valence-electron chi connectivity index (χ2n) is 5.18. The first-order valence-corrected chi connectivity index (χ1v) is 8.70. The van der Waals surface area contributed by atoms with E-state index in [9.17, 15) is 13.6 Å². The lowest BCUT2D eigenvalue weighted by Crippen LogP contribution is -2.11. The van der Waals surface area contributed by atoms with Gasteiger partial charge in [-0.3, -0.25) is 9.00 Å². The fourth-order valence-corrected chi connectivity index (χ4v) is 2.47. The van der Waals surface area contributed by atoms with Crippen LogP contribution in [0.4, 0.5) is 5.69 Å².